The summed E-state index contributed by atoms with van der Waals surface area (Å²) in [6.45, 7) is 1.91. The van der Waals surface area contributed by atoms with Crippen LogP contribution in [0.4, 0.5) is 0 Å². The summed E-state index contributed by atoms with van der Waals surface area (Å²) in [7, 11) is 7.65. The predicted octanol–water partition coefficient (Wildman–Crippen LogP) is 3.69. The molecule has 2 aliphatic heterocycles. The highest BCUT2D eigenvalue weighted by Gasteiger charge is 2.41. The molecule has 146 valence electrons. The topological polar surface area (TPSA) is 37.3 Å². The molecule has 2 aromatic carbocycles. The van der Waals surface area contributed by atoms with Gasteiger partial charge in [-0.15, -0.1) is 0 Å². The van der Waals surface area contributed by atoms with E-state index in [1.165, 1.54) is 22.4 Å². The summed E-state index contributed by atoms with van der Waals surface area (Å²) in [5.41, 5.74) is 4.93. The molecule has 5 nitrogen and oxygen atoms in total. The fourth-order valence-corrected chi connectivity index (χ4v) is 4.25. The summed E-state index contributed by atoms with van der Waals surface area (Å²) < 4.78 is 10.6. The van der Waals surface area contributed by atoms with Crippen molar-refractivity contribution in [2.75, 3.05) is 41.4 Å². The number of ether oxygens (including phenoxy) is 2. The zero-order valence-electron chi connectivity index (χ0n) is 16.9. The van der Waals surface area contributed by atoms with Crippen molar-refractivity contribution in [2.24, 2.45) is 11.0 Å². The molecule has 1 fully saturated rings. The average molecular weight is 377 g/mol. The Balaban J connectivity index is 1.64. The normalized spacial score (nSPS) is 23.5. The summed E-state index contributed by atoms with van der Waals surface area (Å²) in [5.74, 6) is 2.10. The molecule has 2 heterocycles. The fraction of sp³-hybridized carbons (Fsp3) is 0.348. The van der Waals surface area contributed by atoms with Gasteiger partial charge in [0.15, 0.2) is 0 Å². The second kappa shape index (κ2) is 7.68. The number of hydrogen-bond acceptors (Lipinski definition) is 5. The number of nitrogens with zero attached hydrogens (tertiary/aromatic N) is 3. The molecule has 28 heavy (non-hydrogen) atoms. The smallest absolute Gasteiger partial charge is 0.118 e. The number of hydrogen-bond donors (Lipinski definition) is 0. The van der Waals surface area contributed by atoms with Crippen LogP contribution in [0.3, 0.4) is 0 Å². The van der Waals surface area contributed by atoms with Crippen molar-refractivity contribution in [3.8, 4) is 11.5 Å². The van der Waals surface area contributed by atoms with Crippen molar-refractivity contribution >= 4 is 11.8 Å². The molecular weight excluding hydrogens is 350 g/mol. The maximum Gasteiger partial charge on any atom is 0.118 e. The molecule has 2 aromatic rings. The lowest BCUT2D eigenvalue weighted by Crippen LogP contribution is -2.41. The molecule has 0 aromatic heterocycles. The lowest BCUT2D eigenvalue weighted by molar-refractivity contribution is 0.211. The molecule has 2 aliphatic rings. The molecule has 0 radical (unpaired) electrons. The summed E-state index contributed by atoms with van der Waals surface area (Å²) in [6.07, 6.45) is 2.26. The van der Waals surface area contributed by atoms with E-state index >= 15 is 0 Å². The predicted molar refractivity (Wildman–Crippen MR) is 113 cm³/mol. The Labute approximate surface area is 166 Å². The minimum absolute atomic E-state index is 0.239. The molecule has 4 rings (SSSR count). The van der Waals surface area contributed by atoms with Crippen LogP contribution in [0.5, 0.6) is 11.5 Å². The van der Waals surface area contributed by atoms with Crippen LogP contribution in [0.25, 0.3) is 6.08 Å². The van der Waals surface area contributed by atoms with E-state index in [2.05, 4.69) is 54.3 Å². The maximum atomic E-state index is 5.31. The first kappa shape index (κ1) is 18.6. The Hall–Kier alpha value is -2.79. The van der Waals surface area contributed by atoms with Gasteiger partial charge < -0.3 is 14.4 Å². The number of methoxy groups -OCH3 is 2. The van der Waals surface area contributed by atoms with E-state index in [1.807, 2.05) is 24.3 Å². The standard InChI is InChI=1S/C23H27N3O2/c1-25-14-18(13-16-5-9-19(27-3)10-6-16)22-21(15-25)23(26(2)24-22)17-7-11-20(28-4)12-8-17/h5-13,21,23H,14-15H2,1-4H3/b18-13-. The van der Waals surface area contributed by atoms with E-state index in [0.29, 0.717) is 5.92 Å². The van der Waals surface area contributed by atoms with Crippen LogP contribution in [0.2, 0.25) is 0 Å². The van der Waals surface area contributed by atoms with Crippen LogP contribution < -0.4 is 9.47 Å². The molecular formula is C23H27N3O2. The second-order valence-corrected chi connectivity index (χ2v) is 7.52. The quantitative estimate of drug-likeness (QED) is 0.814. The van der Waals surface area contributed by atoms with Crippen LogP contribution in [0, 0.1) is 5.92 Å². The number of fused-ring (bicyclic) bond motifs is 1. The van der Waals surface area contributed by atoms with E-state index in [0.717, 1.165) is 24.6 Å². The van der Waals surface area contributed by atoms with Crippen molar-refractivity contribution in [1.29, 1.82) is 0 Å². The molecule has 0 aliphatic carbocycles. The summed E-state index contributed by atoms with van der Waals surface area (Å²) in [6, 6.07) is 16.8. The Morgan fingerprint density at radius 1 is 0.929 bits per heavy atom. The highest BCUT2D eigenvalue weighted by Crippen LogP contribution is 2.40. The monoisotopic (exact) mass is 377 g/mol. The lowest BCUT2D eigenvalue weighted by atomic mass is 9.83. The van der Waals surface area contributed by atoms with Crippen molar-refractivity contribution in [2.45, 2.75) is 6.04 Å². The number of benzene rings is 2. The molecule has 0 bridgehead atoms. The number of rotatable bonds is 4. The average Bonchev–Trinajstić information content (AvgIpc) is 3.04. The van der Waals surface area contributed by atoms with Gasteiger partial charge in [-0.3, -0.25) is 5.01 Å². The van der Waals surface area contributed by atoms with Crippen LogP contribution >= 0.6 is 0 Å². The first-order valence-corrected chi connectivity index (χ1v) is 9.58. The molecule has 5 heteroatoms. The van der Waals surface area contributed by atoms with E-state index < -0.39 is 0 Å². The molecule has 2 atom stereocenters. The van der Waals surface area contributed by atoms with Gasteiger partial charge in [0.25, 0.3) is 0 Å². The van der Waals surface area contributed by atoms with Crippen molar-refractivity contribution in [3.05, 3.63) is 65.2 Å². The molecule has 0 saturated carbocycles. The Morgan fingerprint density at radius 2 is 1.54 bits per heavy atom. The van der Waals surface area contributed by atoms with Gasteiger partial charge in [-0.05, 0) is 54.1 Å². The van der Waals surface area contributed by atoms with Gasteiger partial charge in [0.05, 0.1) is 26.0 Å². The molecule has 2 unspecified atom stereocenters. The third-order valence-electron chi connectivity index (χ3n) is 5.59. The van der Waals surface area contributed by atoms with Crippen molar-refractivity contribution in [3.63, 3.8) is 0 Å². The largest absolute Gasteiger partial charge is 0.497 e. The van der Waals surface area contributed by atoms with Crippen molar-refractivity contribution in [1.82, 2.24) is 9.91 Å². The fourth-order valence-electron chi connectivity index (χ4n) is 4.25. The lowest BCUT2D eigenvalue weighted by Gasteiger charge is -2.34. The van der Waals surface area contributed by atoms with E-state index in [-0.39, 0.29) is 6.04 Å². The Bertz CT molecular complexity index is 887. The number of likely N-dealkylation sites (N-methyl/N-ethyl adjacent to an activating group) is 1. The van der Waals surface area contributed by atoms with Crippen molar-refractivity contribution < 1.29 is 9.47 Å². The Morgan fingerprint density at radius 3 is 2.14 bits per heavy atom. The minimum Gasteiger partial charge on any atom is -0.497 e. The van der Waals surface area contributed by atoms with E-state index in [4.69, 9.17) is 14.6 Å². The molecule has 0 amide bonds. The minimum atomic E-state index is 0.239. The summed E-state index contributed by atoms with van der Waals surface area (Å²) in [4.78, 5) is 2.38. The first-order valence-electron chi connectivity index (χ1n) is 9.58. The third-order valence-corrected chi connectivity index (χ3v) is 5.59. The SMILES string of the molecule is COc1ccc(/C=C2/CN(C)CC3C2=NN(C)C3c2ccc(OC)cc2)cc1. The van der Waals surface area contributed by atoms with Gasteiger partial charge in [-0.1, -0.05) is 24.3 Å². The van der Waals surface area contributed by atoms with Gasteiger partial charge in [0, 0.05) is 26.1 Å². The summed E-state index contributed by atoms with van der Waals surface area (Å²) in [5, 5.41) is 7.07. The van der Waals surface area contributed by atoms with Crippen LogP contribution in [-0.2, 0) is 0 Å². The highest BCUT2D eigenvalue weighted by molar-refractivity contribution is 6.07. The van der Waals surface area contributed by atoms with Gasteiger partial charge in [0.2, 0.25) is 0 Å². The second-order valence-electron chi connectivity index (χ2n) is 7.52. The van der Waals surface area contributed by atoms with Crippen LogP contribution in [0.15, 0.2) is 59.2 Å². The molecule has 1 saturated heterocycles. The van der Waals surface area contributed by atoms with Crippen LogP contribution in [-0.4, -0.2) is 57.0 Å². The third kappa shape index (κ3) is 3.50. The zero-order valence-corrected chi connectivity index (χ0v) is 16.9. The van der Waals surface area contributed by atoms with Gasteiger partial charge >= 0.3 is 0 Å². The van der Waals surface area contributed by atoms with Gasteiger partial charge in [0.1, 0.15) is 11.5 Å². The molecule has 0 spiro atoms. The first-order chi connectivity index (χ1) is 13.6. The van der Waals surface area contributed by atoms with E-state index in [1.54, 1.807) is 14.2 Å². The maximum absolute atomic E-state index is 5.31. The number of piperidine rings is 1. The van der Waals surface area contributed by atoms with Crippen LogP contribution in [0.1, 0.15) is 17.2 Å². The van der Waals surface area contributed by atoms with Gasteiger partial charge in [-0.25, -0.2) is 0 Å². The number of hydrazone groups is 1. The Kier molecular flexibility index (Phi) is 5.09. The zero-order chi connectivity index (χ0) is 19.7. The molecule has 0 N–H and O–H groups in total. The van der Waals surface area contributed by atoms with Gasteiger partial charge in [-0.2, -0.15) is 5.10 Å². The number of likely N-dealkylation sites (tertiary alicyclic amines) is 1. The summed E-state index contributed by atoms with van der Waals surface area (Å²) >= 11 is 0. The highest BCUT2D eigenvalue weighted by atomic mass is 16.5. The van der Waals surface area contributed by atoms with E-state index in [9.17, 15) is 0 Å².